The molecule has 3 aromatic rings. The maximum Gasteiger partial charge on any atom is 0.189 e. The number of hydrogen-bond donors (Lipinski definition) is 3. The van der Waals surface area contributed by atoms with E-state index in [2.05, 4.69) is 10.2 Å². The molecule has 3 N–H and O–H groups in total. The number of nitrogens with zero attached hydrogens (tertiary/aromatic N) is 1. The van der Waals surface area contributed by atoms with E-state index in [0.29, 0.717) is 45.8 Å². The predicted octanol–water partition coefficient (Wildman–Crippen LogP) is 3.21. The van der Waals surface area contributed by atoms with E-state index in [1.54, 1.807) is 19.2 Å². The number of Topliss-reactive ketones (excluding diaryl/α,β-unsaturated/α-hetero) is 1. The van der Waals surface area contributed by atoms with Crippen molar-refractivity contribution in [2.24, 2.45) is 0 Å². The van der Waals surface area contributed by atoms with Gasteiger partial charge in [-0.15, -0.1) is 0 Å². The summed E-state index contributed by atoms with van der Waals surface area (Å²) in [5.74, 6) is 1.27. The lowest BCUT2D eigenvalue weighted by molar-refractivity contribution is 0.104. The maximum atomic E-state index is 12.9. The monoisotopic (exact) mass is 420 g/mol. The number of aliphatic hydroxyl groups is 2. The molecular formula is C24H24N2O5. The molecule has 1 aliphatic rings. The van der Waals surface area contributed by atoms with Crippen LogP contribution in [0.5, 0.6) is 11.5 Å². The molecule has 0 aliphatic heterocycles. The number of hydrogen-bond acceptors (Lipinski definition) is 6. The van der Waals surface area contributed by atoms with Crippen molar-refractivity contribution in [2.45, 2.75) is 26.6 Å². The van der Waals surface area contributed by atoms with Crippen LogP contribution in [0.25, 0.3) is 17.3 Å². The second kappa shape index (κ2) is 8.37. The van der Waals surface area contributed by atoms with E-state index in [1.165, 1.54) is 7.11 Å². The van der Waals surface area contributed by atoms with Crippen molar-refractivity contribution in [3.8, 4) is 22.8 Å². The lowest BCUT2D eigenvalue weighted by atomic mass is 10.0. The first-order chi connectivity index (χ1) is 15.0. The molecule has 0 spiro atoms. The molecule has 4 rings (SSSR count). The van der Waals surface area contributed by atoms with E-state index in [4.69, 9.17) is 9.47 Å². The number of allylic oxidation sites excluding steroid dienone is 1. The normalized spacial score (nSPS) is 14.2. The van der Waals surface area contributed by atoms with Crippen LogP contribution in [0.15, 0.2) is 35.9 Å². The summed E-state index contributed by atoms with van der Waals surface area (Å²) >= 11 is 0. The van der Waals surface area contributed by atoms with Crippen LogP contribution in [0.1, 0.15) is 38.3 Å². The zero-order valence-electron chi connectivity index (χ0n) is 17.7. The summed E-state index contributed by atoms with van der Waals surface area (Å²) < 4.78 is 10.7. The summed E-state index contributed by atoms with van der Waals surface area (Å²) in [5.41, 5.74) is 6.48. The molecule has 160 valence electrons. The molecule has 0 bridgehead atoms. The van der Waals surface area contributed by atoms with Crippen molar-refractivity contribution >= 4 is 11.9 Å². The van der Waals surface area contributed by atoms with Gasteiger partial charge in [0.1, 0.15) is 11.5 Å². The van der Waals surface area contributed by atoms with Gasteiger partial charge in [-0.2, -0.15) is 5.10 Å². The fourth-order valence-corrected chi connectivity index (χ4v) is 3.98. The van der Waals surface area contributed by atoms with Gasteiger partial charge >= 0.3 is 0 Å². The molecule has 1 heterocycles. The van der Waals surface area contributed by atoms with Gasteiger partial charge in [-0.05, 0) is 60.0 Å². The van der Waals surface area contributed by atoms with Gasteiger partial charge in [-0.25, -0.2) is 0 Å². The topological polar surface area (TPSA) is 105 Å². The third-order valence-electron chi connectivity index (χ3n) is 5.61. The highest BCUT2D eigenvalue weighted by molar-refractivity contribution is 6.15. The van der Waals surface area contributed by atoms with E-state index in [9.17, 15) is 15.0 Å². The zero-order chi connectivity index (χ0) is 22.1. The van der Waals surface area contributed by atoms with E-state index in [1.807, 2.05) is 31.2 Å². The van der Waals surface area contributed by atoms with Crippen LogP contribution in [0.3, 0.4) is 0 Å². The summed E-state index contributed by atoms with van der Waals surface area (Å²) in [6.45, 7) is 1.47. The summed E-state index contributed by atoms with van der Waals surface area (Å²) in [6.07, 6.45) is 2.35. The number of methoxy groups -OCH3 is 2. The van der Waals surface area contributed by atoms with Crippen LogP contribution in [0.2, 0.25) is 0 Å². The average molecular weight is 420 g/mol. The first-order valence-corrected chi connectivity index (χ1v) is 9.89. The number of aromatic amines is 1. The number of benzene rings is 2. The largest absolute Gasteiger partial charge is 0.496 e. The number of H-pyrrole nitrogens is 1. The Morgan fingerprint density at radius 2 is 1.84 bits per heavy atom. The zero-order valence-corrected chi connectivity index (χ0v) is 17.7. The molecule has 0 radical (unpaired) electrons. The Kier molecular flexibility index (Phi) is 5.63. The molecule has 0 saturated heterocycles. The Labute approximate surface area is 180 Å². The van der Waals surface area contributed by atoms with Gasteiger partial charge in [0, 0.05) is 28.7 Å². The minimum absolute atomic E-state index is 0.00781. The first kappa shape index (κ1) is 20.8. The third-order valence-corrected chi connectivity index (χ3v) is 5.61. The minimum atomic E-state index is -0.232. The van der Waals surface area contributed by atoms with Crippen LogP contribution in [-0.4, -0.2) is 40.4 Å². The van der Waals surface area contributed by atoms with E-state index in [0.717, 1.165) is 22.4 Å². The summed E-state index contributed by atoms with van der Waals surface area (Å²) in [7, 11) is 3.14. The number of nitrogens with one attached hydrogen (secondary N) is 1. The number of aliphatic hydroxyl groups excluding tert-OH is 2. The molecule has 7 heteroatoms. The van der Waals surface area contributed by atoms with Crippen LogP contribution < -0.4 is 9.47 Å². The second-order valence-corrected chi connectivity index (χ2v) is 7.50. The SMILES string of the molecule is COc1cc2c(cc1C)C(=O)/C(=C/c1cc(-c3cc(CO)c(CO)c(OC)c3)n[nH]1)C2. The highest BCUT2D eigenvalue weighted by Crippen LogP contribution is 2.34. The molecule has 0 unspecified atom stereocenters. The first-order valence-electron chi connectivity index (χ1n) is 9.89. The van der Waals surface area contributed by atoms with Crippen molar-refractivity contribution in [2.75, 3.05) is 14.2 Å². The fraction of sp³-hybridized carbons (Fsp3) is 0.250. The molecule has 1 aromatic heterocycles. The Morgan fingerprint density at radius 1 is 1.06 bits per heavy atom. The van der Waals surface area contributed by atoms with Gasteiger partial charge in [0.2, 0.25) is 0 Å². The number of ether oxygens (including phenoxy) is 2. The Morgan fingerprint density at radius 3 is 2.52 bits per heavy atom. The minimum Gasteiger partial charge on any atom is -0.496 e. The maximum absolute atomic E-state index is 12.9. The van der Waals surface area contributed by atoms with E-state index >= 15 is 0 Å². The Balaban J connectivity index is 1.66. The smallest absolute Gasteiger partial charge is 0.189 e. The number of fused-ring (bicyclic) bond motifs is 1. The molecule has 0 atom stereocenters. The molecule has 7 nitrogen and oxygen atoms in total. The van der Waals surface area contributed by atoms with Gasteiger partial charge in [0.25, 0.3) is 0 Å². The highest BCUT2D eigenvalue weighted by Gasteiger charge is 2.26. The quantitative estimate of drug-likeness (QED) is 0.529. The number of ketones is 1. The number of aryl methyl sites for hydroxylation is 1. The van der Waals surface area contributed by atoms with Crippen LogP contribution in [0, 0.1) is 6.92 Å². The van der Waals surface area contributed by atoms with Gasteiger partial charge in [-0.1, -0.05) is 0 Å². The van der Waals surface area contributed by atoms with Crippen molar-refractivity contribution < 1.29 is 24.5 Å². The Bertz CT molecular complexity index is 1170. The third kappa shape index (κ3) is 3.73. The second-order valence-electron chi connectivity index (χ2n) is 7.50. The van der Waals surface area contributed by atoms with Crippen LogP contribution in [-0.2, 0) is 19.6 Å². The summed E-state index contributed by atoms with van der Waals surface area (Å²) in [4.78, 5) is 12.9. The standard InChI is InChI=1S/C24H24N2O5/c1-13-4-19-14(8-22(13)30-2)5-16(24(19)29)7-18-10-21(26-25-18)15-6-17(11-27)20(12-28)23(9-15)31-3/h4,6-10,27-28H,5,11-12H2,1-3H3,(H,25,26)/b16-7+. The molecule has 31 heavy (non-hydrogen) atoms. The van der Waals surface area contributed by atoms with Crippen LogP contribution in [0.4, 0.5) is 0 Å². The van der Waals surface area contributed by atoms with E-state index in [-0.39, 0.29) is 19.0 Å². The van der Waals surface area contributed by atoms with Gasteiger partial charge in [0.05, 0.1) is 38.8 Å². The average Bonchev–Trinajstić information content (AvgIpc) is 3.37. The number of rotatable bonds is 6. The number of aromatic nitrogens is 2. The van der Waals surface area contributed by atoms with Crippen LogP contribution >= 0.6 is 0 Å². The van der Waals surface area contributed by atoms with Gasteiger partial charge in [0.15, 0.2) is 5.78 Å². The fourth-order valence-electron chi connectivity index (χ4n) is 3.98. The molecule has 2 aromatic carbocycles. The lowest BCUT2D eigenvalue weighted by Crippen LogP contribution is -1.99. The highest BCUT2D eigenvalue weighted by atomic mass is 16.5. The molecule has 0 amide bonds. The van der Waals surface area contributed by atoms with E-state index < -0.39 is 0 Å². The summed E-state index contributed by atoms with van der Waals surface area (Å²) in [6, 6.07) is 9.17. The van der Waals surface area contributed by atoms with Crippen molar-refractivity contribution in [1.82, 2.24) is 10.2 Å². The number of carbonyl (C=O) groups is 1. The molecule has 0 saturated carbocycles. The molecule has 1 aliphatic carbocycles. The Hall–Kier alpha value is -3.42. The van der Waals surface area contributed by atoms with Crippen molar-refractivity contribution in [3.05, 3.63) is 69.4 Å². The van der Waals surface area contributed by atoms with Gasteiger partial charge < -0.3 is 19.7 Å². The lowest BCUT2D eigenvalue weighted by Gasteiger charge is -2.12. The summed E-state index contributed by atoms with van der Waals surface area (Å²) in [5, 5.41) is 26.5. The predicted molar refractivity (Wildman–Crippen MR) is 116 cm³/mol. The molecule has 0 fully saturated rings. The van der Waals surface area contributed by atoms with Crippen molar-refractivity contribution in [1.29, 1.82) is 0 Å². The van der Waals surface area contributed by atoms with Crippen molar-refractivity contribution in [3.63, 3.8) is 0 Å². The van der Waals surface area contributed by atoms with Gasteiger partial charge in [-0.3, -0.25) is 9.89 Å². The molecular weight excluding hydrogens is 396 g/mol. The number of carbonyl (C=O) groups excluding carboxylic acids is 1.